The molecule has 1 saturated carbocycles. The van der Waals surface area contributed by atoms with Gasteiger partial charge in [0.2, 0.25) is 5.91 Å². The third-order valence-corrected chi connectivity index (χ3v) is 3.86. The maximum absolute atomic E-state index is 12.0. The van der Waals surface area contributed by atoms with Crippen LogP contribution in [0.15, 0.2) is 5.38 Å². The Balaban J connectivity index is 1.94. The molecule has 0 spiro atoms. The number of carbonyl (C=O) groups excluding carboxylic acids is 1. The van der Waals surface area contributed by atoms with Crippen LogP contribution in [0.4, 0.5) is 0 Å². The van der Waals surface area contributed by atoms with Gasteiger partial charge in [-0.25, -0.2) is 4.98 Å². The standard InChI is InChI=1S/C11H15ClN2O2S/c12-6-8-7-17-10(13-8)5-11(16)14(3-4-15)9-1-2-9/h7,9,15H,1-6H2. The number of aliphatic hydroxyl groups excluding tert-OH is 1. The van der Waals surface area contributed by atoms with E-state index in [1.54, 1.807) is 4.90 Å². The summed E-state index contributed by atoms with van der Waals surface area (Å²) < 4.78 is 0. The zero-order valence-corrected chi connectivity index (χ0v) is 11.0. The van der Waals surface area contributed by atoms with Crippen molar-refractivity contribution in [1.29, 1.82) is 0 Å². The number of halogens is 1. The summed E-state index contributed by atoms with van der Waals surface area (Å²) in [5, 5.41) is 11.6. The Hall–Kier alpha value is -0.650. The molecule has 1 aromatic heterocycles. The lowest BCUT2D eigenvalue weighted by Crippen LogP contribution is -2.36. The van der Waals surface area contributed by atoms with Gasteiger partial charge in [0.15, 0.2) is 0 Å². The zero-order valence-electron chi connectivity index (χ0n) is 9.43. The lowest BCUT2D eigenvalue weighted by Gasteiger charge is -2.20. The summed E-state index contributed by atoms with van der Waals surface area (Å²) in [4.78, 5) is 18.1. The highest BCUT2D eigenvalue weighted by atomic mass is 35.5. The molecule has 0 radical (unpaired) electrons. The minimum Gasteiger partial charge on any atom is -0.395 e. The first kappa shape index (κ1) is 12.8. The third kappa shape index (κ3) is 3.40. The first-order valence-corrected chi connectivity index (χ1v) is 7.05. The maximum atomic E-state index is 12.0. The van der Waals surface area contributed by atoms with Crippen molar-refractivity contribution in [2.45, 2.75) is 31.2 Å². The van der Waals surface area contributed by atoms with Crippen molar-refractivity contribution in [3.8, 4) is 0 Å². The highest BCUT2D eigenvalue weighted by molar-refractivity contribution is 7.09. The summed E-state index contributed by atoms with van der Waals surface area (Å²) >= 11 is 7.13. The number of amides is 1. The fraction of sp³-hybridized carbons (Fsp3) is 0.636. The molecule has 0 atom stereocenters. The van der Waals surface area contributed by atoms with Crippen LogP contribution in [0.25, 0.3) is 0 Å². The molecule has 4 nitrogen and oxygen atoms in total. The van der Waals surface area contributed by atoms with Crippen molar-refractivity contribution in [2.24, 2.45) is 0 Å². The van der Waals surface area contributed by atoms with Crippen molar-refractivity contribution < 1.29 is 9.90 Å². The molecule has 0 saturated heterocycles. The van der Waals surface area contributed by atoms with Crippen molar-refractivity contribution in [3.63, 3.8) is 0 Å². The normalized spacial score (nSPS) is 14.9. The number of carbonyl (C=O) groups is 1. The number of nitrogens with zero attached hydrogens (tertiary/aromatic N) is 2. The van der Waals surface area contributed by atoms with Gasteiger partial charge in [-0.1, -0.05) is 0 Å². The minimum absolute atomic E-state index is 0.0209. The van der Waals surface area contributed by atoms with E-state index in [-0.39, 0.29) is 12.5 Å². The van der Waals surface area contributed by atoms with Crippen LogP contribution in [0.5, 0.6) is 0 Å². The molecule has 0 unspecified atom stereocenters. The van der Waals surface area contributed by atoms with E-state index in [0.29, 0.717) is 24.9 Å². The van der Waals surface area contributed by atoms with Crippen LogP contribution in [0.2, 0.25) is 0 Å². The van der Waals surface area contributed by atoms with Crippen molar-refractivity contribution in [3.05, 3.63) is 16.1 Å². The Morgan fingerprint density at radius 2 is 2.41 bits per heavy atom. The SMILES string of the molecule is O=C(Cc1nc(CCl)cs1)N(CCO)C1CC1. The second-order valence-electron chi connectivity index (χ2n) is 4.08. The fourth-order valence-corrected chi connectivity index (χ4v) is 2.74. The number of hydrogen-bond donors (Lipinski definition) is 1. The van der Waals surface area contributed by atoms with Gasteiger partial charge in [-0.15, -0.1) is 22.9 Å². The van der Waals surface area contributed by atoms with Crippen LogP contribution in [-0.2, 0) is 17.1 Å². The number of aliphatic hydroxyl groups is 1. The zero-order chi connectivity index (χ0) is 12.3. The predicted molar refractivity (Wildman–Crippen MR) is 67.2 cm³/mol. The van der Waals surface area contributed by atoms with Gasteiger partial charge in [-0.05, 0) is 12.8 Å². The van der Waals surface area contributed by atoms with E-state index in [1.165, 1.54) is 11.3 Å². The molecule has 1 N–H and O–H groups in total. The first-order chi connectivity index (χ1) is 8.24. The molecule has 0 aliphatic heterocycles. The van der Waals surface area contributed by atoms with Crippen LogP contribution in [-0.4, -0.2) is 40.1 Å². The minimum atomic E-state index is 0.0209. The van der Waals surface area contributed by atoms with Crippen molar-refractivity contribution in [1.82, 2.24) is 9.88 Å². The monoisotopic (exact) mass is 274 g/mol. The Bertz CT molecular complexity index is 393. The van der Waals surface area contributed by atoms with Gasteiger partial charge >= 0.3 is 0 Å². The van der Waals surface area contributed by atoms with E-state index in [4.69, 9.17) is 16.7 Å². The number of hydrogen-bond acceptors (Lipinski definition) is 4. The Kier molecular flexibility index (Phi) is 4.36. The maximum Gasteiger partial charge on any atom is 0.229 e. The quantitative estimate of drug-likeness (QED) is 0.798. The molecule has 1 aliphatic rings. The molecule has 17 heavy (non-hydrogen) atoms. The highest BCUT2D eigenvalue weighted by Crippen LogP contribution is 2.27. The molecular weight excluding hydrogens is 260 g/mol. The van der Waals surface area contributed by atoms with Gasteiger partial charge in [0.25, 0.3) is 0 Å². The van der Waals surface area contributed by atoms with Crippen LogP contribution in [0, 0.1) is 0 Å². The summed E-state index contributed by atoms with van der Waals surface area (Å²) in [6, 6.07) is 0.335. The lowest BCUT2D eigenvalue weighted by molar-refractivity contribution is -0.131. The molecule has 0 aromatic carbocycles. The molecule has 6 heteroatoms. The van der Waals surface area contributed by atoms with Gasteiger partial charge in [0.05, 0.1) is 24.6 Å². The first-order valence-electron chi connectivity index (χ1n) is 5.64. The summed E-state index contributed by atoms with van der Waals surface area (Å²) in [7, 11) is 0. The summed E-state index contributed by atoms with van der Waals surface area (Å²) in [6.45, 7) is 0.449. The fourth-order valence-electron chi connectivity index (χ4n) is 1.73. The molecule has 0 bridgehead atoms. The van der Waals surface area contributed by atoms with E-state index >= 15 is 0 Å². The second-order valence-corrected chi connectivity index (χ2v) is 5.29. The molecular formula is C11H15ClN2O2S. The van der Waals surface area contributed by atoms with Crippen LogP contribution in [0.3, 0.4) is 0 Å². The van der Waals surface area contributed by atoms with Crippen molar-refractivity contribution in [2.75, 3.05) is 13.2 Å². The molecule has 94 valence electrons. The van der Waals surface area contributed by atoms with E-state index in [1.807, 2.05) is 5.38 Å². The molecule has 1 amide bonds. The second kappa shape index (κ2) is 5.80. The predicted octanol–water partition coefficient (Wildman–Crippen LogP) is 1.41. The van der Waals surface area contributed by atoms with Crippen LogP contribution >= 0.6 is 22.9 Å². The number of thiazole rings is 1. The number of rotatable bonds is 6. The Morgan fingerprint density at radius 3 is 2.94 bits per heavy atom. The summed E-state index contributed by atoms with van der Waals surface area (Å²) in [5.74, 6) is 0.435. The molecule has 1 aliphatic carbocycles. The molecule has 1 fully saturated rings. The Labute approximate surface area is 109 Å². The van der Waals surface area contributed by atoms with E-state index in [2.05, 4.69) is 4.98 Å². The van der Waals surface area contributed by atoms with Gasteiger partial charge in [-0.2, -0.15) is 0 Å². The third-order valence-electron chi connectivity index (χ3n) is 2.69. The van der Waals surface area contributed by atoms with Crippen LogP contribution < -0.4 is 0 Å². The molecule has 1 aromatic rings. The number of alkyl halides is 1. The molecule has 1 heterocycles. The summed E-state index contributed by atoms with van der Waals surface area (Å²) in [5.41, 5.74) is 0.819. The highest BCUT2D eigenvalue weighted by Gasteiger charge is 2.32. The largest absolute Gasteiger partial charge is 0.395 e. The smallest absolute Gasteiger partial charge is 0.229 e. The molecule has 2 rings (SSSR count). The van der Waals surface area contributed by atoms with Crippen LogP contribution in [0.1, 0.15) is 23.5 Å². The van der Waals surface area contributed by atoms with Gasteiger partial charge < -0.3 is 10.0 Å². The average molecular weight is 275 g/mol. The van der Waals surface area contributed by atoms with Gasteiger partial charge in [-0.3, -0.25) is 4.79 Å². The average Bonchev–Trinajstić information content (AvgIpc) is 3.06. The van der Waals surface area contributed by atoms with E-state index < -0.39 is 0 Å². The van der Waals surface area contributed by atoms with E-state index in [9.17, 15) is 4.79 Å². The van der Waals surface area contributed by atoms with E-state index in [0.717, 1.165) is 23.5 Å². The van der Waals surface area contributed by atoms with Gasteiger partial charge in [0, 0.05) is 18.0 Å². The summed E-state index contributed by atoms with van der Waals surface area (Å²) in [6.07, 6.45) is 2.42. The lowest BCUT2D eigenvalue weighted by atomic mass is 10.3. The van der Waals surface area contributed by atoms with Crippen molar-refractivity contribution >= 4 is 28.8 Å². The number of aromatic nitrogens is 1. The Morgan fingerprint density at radius 1 is 1.65 bits per heavy atom. The van der Waals surface area contributed by atoms with Gasteiger partial charge in [0.1, 0.15) is 5.01 Å². The topological polar surface area (TPSA) is 53.4 Å².